The van der Waals surface area contributed by atoms with E-state index in [2.05, 4.69) is 24.9 Å². The summed E-state index contributed by atoms with van der Waals surface area (Å²) in [5, 5.41) is 2.89. The molecule has 0 aromatic carbocycles. The Morgan fingerprint density at radius 1 is 1.64 bits per heavy atom. The molecule has 0 spiro atoms. The van der Waals surface area contributed by atoms with E-state index < -0.39 is 0 Å². The van der Waals surface area contributed by atoms with E-state index in [0.29, 0.717) is 0 Å². The molecule has 1 amide bonds. The topological polar surface area (TPSA) is 29.1 Å². The van der Waals surface area contributed by atoms with Crippen molar-refractivity contribution in [3.63, 3.8) is 0 Å². The fourth-order valence-corrected chi connectivity index (χ4v) is 1.44. The molecule has 0 aliphatic heterocycles. The molecule has 1 rings (SSSR count). The Kier molecular flexibility index (Phi) is 6.81. The molecule has 0 radical (unpaired) electrons. The first-order chi connectivity index (χ1) is 6.74. The number of hydrogen-bond acceptors (Lipinski definition) is 1. The molecule has 2 heteroatoms. The minimum Gasteiger partial charge on any atom is -0.346 e. The van der Waals surface area contributed by atoms with Gasteiger partial charge in [-0.25, -0.2) is 0 Å². The van der Waals surface area contributed by atoms with Gasteiger partial charge in [-0.05, 0) is 32.3 Å². The van der Waals surface area contributed by atoms with Gasteiger partial charge in [0.1, 0.15) is 0 Å². The third-order valence-electron chi connectivity index (χ3n) is 2.21. The first kappa shape index (κ1) is 12.9. The van der Waals surface area contributed by atoms with Crippen molar-refractivity contribution in [3.05, 3.63) is 24.3 Å². The summed E-state index contributed by atoms with van der Waals surface area (Å²) in [6, 6.07) is 0.240. The second kappa shape index (κ2) is 7.36. The van der Waals surface area contributed by atoms with Gasteiger partial charge in [-0.3, -0.25) is 4.79 Å². The van der Waals surface area contributed by atoms with Gasteiger partial charge in [0, 0.05) is 0 Å². The van der Waals surface area contributed by atoms with Gasteiger partial charge in [0.2, 0.25) is 5.91 Å². The van der Waals surface area contributed by atoms with Crippen molar-refractivity contribution in [3.8, 4) is 0 Å². The number of amides is 1. The maximum absolute atomic E-state index is 11.0. The zero-order valence-electron chi connectivity index (χ0n) is 9.47. The molecule has 0 heterocycles. The van der Waals surface area contributed by atoms with Crippen molar-refractivity contribution in [2.75, 3.05) is 0 Å². The predicted molar refractivity (Wildman–Crippen MR) is 61.1 cm³/mol. The van der Waals surface area contributed by atoms with Crippen LogP contribution in [0.1, 0.15) is 40.0 Å². The van der Waals surface area contributed by atoms with Crippen LogP contribution < -0.4 is 5.32 Å². The van der Waals surface area contributed by atoms with E-state index in [1.54, 1.807) is 0 Å². The minimum absolute atomic E-state index is 0.0744. The molecule has 1 unspecified atom stereocenters. The van der Waals surface area contributed by atoms with Crippen molar-refractivity contribution < 1.29 is 4.79 Å². The third kappa shape index (κ3) is 4.26. The van der Waals surface area contributed by atoms with Crippen LogP contribution in [-0.2, 0) is 4.79 Å². The highest BCUT2D eigenvalue weighted by Gasteiger charge is 2.14. The summed E-state index contributed by atoms with van der Waals surface area (Å²) in [7, 11) is 0. The lowest BCUT2D eigenvalue weighted by Gasteiger charge is -2.22. The van der Waals surface area contributed by atoms with Crippen molar-refractivity contribution in [1.82, 2.24) is 5.32 Å². The van der Waals surface area contributed by atoms with E-state index in [0.717, 1.165) is 12.8 Å². The second-order valence-corrected chi connectivity index (χ2v) is 3.14. The quantitative estimate of drug-likeness (QED) is 0.533. The summed E-state index contributed by atoms with van der Waals surface area (Å²) in [6.07, 6.45) is 6.88. The van der Waals surface area contributed by atoms with Gasteiger partial charge in [0.05, 0.1) is 6.04 Å². The van der Waals surface area contributed by atoms with Crippen LogP contribution >= 0.6 is 0 Å². The Morgan fingerprint density at radius 2 is 2.29 bits per heavy atom. The number of rotatable bonds is 2. The Bertz CT molecular complexity index is 218. The highest BCUT2D eigenvalue weighted by Crippen LogP contribution is 2.17. The molecular formula is C12H21NO. The predicted octanol–water partition coefficient (Wildman–Crippen LogP) is 2.81. The van der Waals surface area contributed by atoms with Crippen molar-refractivity contribution in [2.45, 2.75) is 46.1 Å². The standard InChI is InChI=1S/C10H15NO.C2H6/c1-3-10(12)11-9-7-5-4-6-8(9)2;1-2/h3,6,9H,1,4-5,7H2,2H3,(H,11,12);1-2H3. The first-order valence-electron chi connectivity index (χ1n) is 5.33. The van der Waals surface area contributed by atoms with Gasteiger partial charge in [0.25, 0.3) is 0 Å². The number of carbonyl (C=O) groups is 1. The molecule has 0 saturated heterocycles. The Hall–Kier alpha value is -1.05. The molecule has 0 fully saturated rings. The maximum Gasteiger partial charge on any atom is 0.243 e. The number of allylic oxidation sites excluding steroid dienone is 1. The number of carbonyl (C=O) groups excluding carboxylic acids is 1. The summed E-state index contributed by atoms with van der Waals surface area (Å²) in [4.78, 5) is 11.0. The lowest BCUT2D eigenvalue weighted by Crippen LogP contribution is -2.35. The van der Waals surface area contributed by atoms with Gasteiger partial charge in [-0.15, -0.1) is 0 Å². The summed E-state index contributed by atoms with van der Waals surface area (Å²) >= 11 is 0. The fraction of sp³-hybridized carbons (Fsp3) is 0.583. The normalized spacial score (nSPS) is 19.9. The van der Waals surface area contributed by atoms with E-state index in [1.807, 2.05) is 13.8 Å². The van der Waals surface area contributed by atoms with Crippen molar-refractivity contribution >= 4 is 5.91 Å². The minimum atomic E-state index is -0.0744. The molecule has 0 bridgehead atoms. The van der Waals surface area contributed by atoms with Crippen LogP contribution in [0.3, 0.4) is 0 Å². The van der Waals surface area contributed by atoms with Gasteiger partial charge in [-0.2, -0.15) is 0 Å². The van der Waals surface area contributed by atoms with Gasteiger partial charge >= 0.3 is 0 Å². The lowest BCUT2D eigenvalue weighted by atomic mass is 9.95. The van der Waals surface area contributed by atoms with Crippen LogP contribution in [0.2, 0.25) is 0 Å². The summed E-state index contributed by atoms with van der Waals surface area (Å²) in [5.74, 6) is -0.0744. The monoisotopic (exact) mass is 195 g/mol. The first-order valence-corrected chi connectivity index (χ1v) is 5.33. The largest absolute Gasteiger partial charge is 0.346 e. The smallest absolute Gasteiger partial charge is 0.243 e. The molecule has 14 heavy (non-hydrogen) atoms. The van der Waals surface area contributed by atoms with E-state index in [9.17, 15) is 4.79 Å². The summed E-state index contributed by atoms with van der Waals surface area (Å²) < 4.78 is 0. The highest BCUT2D eigenvalue weighted by molar-refractivity contribution is 5.87. The van der Waals surface area contributed by atoms with E-state index in [4.69, 9.17) is 0 Å². The molecular weight excluding hydrogens is 174 g/mol. The Labute approximate surface area is 87.1 Å². The number of hydrogen-bond donors (Lipinski definition) is 1. The van der Waals surface area contributed by atoms with Crippen molar-refractivity contribution in [1.29, 1.82) is 0 Å². The molecule has 80 valence electrons. The van der Waals surface area contributed by atoms with Crippen molar-refractivity contribution in [2.24, 2.45) is 0 Å². The fourth-order valence-electron chi connectivity index (χ4n) is 1.44. The van der Waals surface area contributed by atoms with Crippen LogP contribution in [-0.4, -0.2) is 11.9 Å². The second-order valence-electron chi connectivity index (χ2n) is 3.14. The lowest BCUT2D eigenvalue weighted by molar-refractivity contribution is -0.117. The van der Waals surface area contributed by atoms with Gasteiger partial charge in [-0.1, -0.05) is 32.1 Å². The van der Waals surface area contributed by atoms with Gasteiger partial charge in [0.15, 0.2) is 0 Å². The number of nitrogens with one attached hydrogen (secondary N) is 1. The van der Waals surface area contributed by atoms with Crippen LogP contribution in [0.25, 0.3) is 0 Å². The van der Waals surface area contributed by atoms with Crippen LogP contribution in [0.4, 0.5) is 0 Å². The maximum atomic E-state index is 11.0. The zero-order valence-corrected chi connectivity index (χ0v) is 9.47. The summed E-state index contributed by atoms with van der Waals surface area (Å²) in [6.45, 7) is 9.48. The molecule has 0 aromatic heterocycles. The Balaban J connectivity index is 0.000000791. The summed E-state index contributed by atoms with van der Waals surface area (Å²) in [5.41, 5.74) is 1.27. The SMILES string of the molecule is C=CC(=O)NC1CCCC=C1C.CC. The van der Waals surface area contributed by atoms with Gasteiger partial charge < -0.3 is 5.32 Å². The van der Waals surface area contributed by atoms with Crippen LogP contribution in [0, 0.1) is 0 Å². The van der Waals surface area contributed by atoms with Crippen LogP contribution in [0.5, 0.6) is 0 Å². The van der Waals surface area contributed by atoms with E-state index in [1.165, 1.54) is 18.1 Å². The average Bonchev–Trinajstić information content (AvgIpc) is 2.24. The molecule has 1 aliphatic carbocycles. The average molecular weight is 195 g/mol. The molecule has 0 aromatic rings. The van der Waals surface area contributed by atoms with E-state index in [-0.39, 0.29) is 11.9 Å². The molecule has 2 nitrogen and oxygen atoms in total. The van der Waals surface area contributed by atoms with E-state index >= 15 is 0 Å². The highest BCUT2D eigenvalue weighted by atomic mass is 16.1. The molecule has 0 saturated carbocycles. The van der Waals surface area contributed by atoms with Crippen LogP contribution in [0.15, 0.2) is 24.3 Å². The molecule has 1 N–H and O–H groups in total. The Morgan fingerprint density at radius 3 is 2.79 bits per heavy atom. The molecule has 1 atom stereocenters. The zero-order chi connectivity index (χ0) is 11.0. The molecule has 1 aliphatic rings. The third-order valence-corrected chi connectivity index (χ3v) is 2.21.